The highest BCUT2D eigenvalue weighted by molar-refractivity contribution is 5.94. The lowest BCUT2D eigenvalue weighted by molar-refractivity contribution is 0.0964. The van der Waals surface area contributed by atoms with E-state index in [0.717, 1.165) is 18.6 Å². The van der Waals surface area contributed by atoms with E-state index in [4.69, 9.17) is 4.74 Å². The number of hydrogen-bond donors (Lipinski definition) is 0. The summed E-state index contributed by atoms with van der Waals surface area (Å²) in [6, 6.07) is 7.78. The van der Waals surface area contributed by atoms with Crippen LogP contribution in [0, 0.1) is 0 Å². The largest absolute Gasteiger partial charge is 0.488 e. The summed E-state index contributed by atoms with van der Waals surface area (Å²) in [6.45, 7) is 1.58. The number of hydrogen-bond acceptors (Lipinski definition) is 3. The van der Waals surface area contributed by atoms with Crippen LogP contribution in [0.2, 0.25) is 0 Å². The van der Waals surface area contributed by atoms with E-state index >= 15 is 0 Å². The highest BCUT2D eigenvalue weighted by Gasteiger charge is 2.28. The van der Waals surface area contributed by atoms with Crippen LogP contribution in [0.3, 0.4) is 0 Å². The topological polar surface area (TPSA) is 44.1 Å². The fourth-order valence-electron chi connectivity index (χ4n) is 2.98. The summed E-state index contributed by atoms with van der Waals surface area (Å²) < 4.78 is 8.32. The zero-order valence-electron chi connectivity index (χ0n) is 12.2. The number of nitrogens with zero attached hydrogens (tertiary/aromatic N) is 2. The summed E-state index contributed by atoms with van der Waals surface area (Å²) in [5, 5.41) is 0. The maximum atomic E-state index is 11.5. The van der Waals surface area contributed by atoms with Crippen molar-refractivity contribution >= 4 is 5.78 Å². The van der Waals surface area contributed by atoms with Crippen molar-refractivity contribution in [3.8, 4) is 5.75 Å². The van der Waals surface area contributed by atoms with Gasteiger partial charge in [0, 0.05) is 18.0 Å². The minimum Gasteiger partial charge on any atom is -0.488 e. The lowest BCUT2D eigenvalue weighted by atomic mass is 9.92. The third kappa shape index (κ3) is 3.15. The third-order valence-electron chi connectivity index (χ3n) is 4.10. The fourth-order valence-corrected chi connectivity index (χ4v) is 2.98. The number of Topliss-reactive ketones (excluding diaryl/α,β-unsaturated/α-hetero) is 1. The normalized spacial score (nSPS) is 22.0. The monoisotopic (exact) mass is 284 g/mol. The van der Waals surface area contributed by atoms with Gasteiger partial charge in [-0.3, -0.25) is 4.79 Å². The smallest absolute Gasteiger partial charge is 0.159 e. The summed E-state index contributed by atoms with van der Waals surface area (Å²) in [4.78, 5) is 15.6. The van der Waals surface area contributed by atoms with E-state index in [9.17, 15) is 4.79 Å². The molecule has 1 aliphatic carbocycles. The summed E-state index contributed by atoms with van der Waals surface area (Å²) in [5.74, 6) is 0.843. The first-order chi connectivity index (χ1) is 10.2. The SMILES string of the molecule is CC(=O)c1cccc(OC2CCCCC2n2ccnc2)c1. The molecule has 1 fully saturated rings. The first-order valence-corrected chi connectivity index (χ1v) is 7.49. The van der Waals surface area contributed by atoms with Gasteiger partial charge in [-0.2, -0.15) is 0 Å². The van der Waals surface area contributed by atoms with E-state index in [2.05, 4.69) is 9.55 Å². The van der Waals surface area contributed by atoms with E-state index in [1.165, 1.54) is 12.8 Å². The maximum Gasteiger partial charge on any atom is 0.159 e. The number of rotatable bonds is 4. The number of ether oxygens (including phenoxy) is 1. The molecule has 110 valence electrons. The van der Waals surface area contributed by atoms with Gasteiger partial charge in [0.1, 0.15) is 11.9 Å². The molecular weight excluding hydrogens is 264 g/mol. The summed E-state index contributed by atoms with van der Waals surface area (Å²) in [7, 11) is 0. The van der Waals surface area contributed by atoms with Crippen LogP contribution in [-0.2, 0) is 0 Å². The Morgan fingerprint density at radius 2 is 2.19 bits per heavy atom. The van der Waals surface area contributed by atoms with Crippen molar-refractivity contribution in [2.24, 2.45) is 0 Å². The molecule has 0 N–H and O–H groups in total. The molecule has 3 rings (SSSR count). The Balaban J connectivity index is 1.78. The molecule has 1 heterocycles. The number of aromatic nitrogens is 2. The zero-order valence-corrected chi connectivity index (χ0v) is 12.2. The molecule has 2 unspecified atom stereocenters. The van der Waals surface area contributed by atoms with Crippen molar-refractivity contribution in [3.05, 3.63) is 48.5 Å². The van der Waals surface area contributed by atoms with Crippen molar-refractivity contribution < 1.29 is 9.53 Å². The molecule has 0 bridgehead atoms. The Labute approximate surface area is 124 Å². The van der Waals surface area contributed by atoms with E-state index in [-0.39, 0.29) is 11.9 Å². The van der Waals surface area contributed by atoms with E-state index in [1.807, 2.05) is 43.0 Å². The van der Waals surface area contributed by atoms with Crippen molar-refractivity contribution in [1.29, 1.82) is 0 Å². The second-order valence-corrected chi connectivity index (χ2v) is 5.60. The minimum absolute atomic E-state index is 0.0650. The van der Waals surface area contributed by atoms with Crippen LogP contribution in [0.25, 0.3) is 0 Å². The molecule has 0 saturated heterocycles. The van der Waals surface area contributed by atoms with Gasteiger partial charge in [0.25, 0.3) is 0 Å². The molecule has 0 aliphatic heterocycles. The van der Waals surface area contributed by atoms with Gasteiger partial charge >= 0.3 is 0 Å². The third-order valence-corrected chi connectivity index (χ3v) is 4.10. The molecule has 0 amide bonds. The standard InChI is InChI=1S/C17H20N2O2/c1-13(20)14-5-4-6-15(11-14)21-17-8-3-2-7-16(17)19-10-9-18-12-19/h4-6,9-12,16-17H,2-3,7-8H2,1H3. The number of carbonyl (C=O) groups is 1. The first kappa shape index (κ1) is 13.9. The van der Waals surface area contributed by atoms with Crippen LogP contribution < -0.4 is 4.74 Å². The van der Waals surface area contributed by atoms with Crippen LogP contribution in [0.5, 0.6) is 5.75 Å². The number of ketones is 1. The Bertz CT molecular complexity index is 607. The van der Waals surface area contributed by atoms with Crippen molar-refractivity contribution in [2.75, 3.05) is 0 Å². The molecule has 1 aliphatic rings. The van der Waals surface area contributed by atoms with Gasteiger partial charge in [-0.25, -0.2) is 4.98 Å². The fraction of sp³-hybridized carbons (Fsp3) is 0.412. The predicted molar refractivity (Wildman–Crippen MR) is 80.6 cm³/mol. The predicted octanol–water partition coefficient (Wildman–Crippen LogP) is 3.65. The molecule has 2 atom stereocenters. The highest BCUT2D eigenvalue weighted by Crippen LogP contribution is 2.32. The molecule has 4 nitrogen and oxygen atoms in total. The lowest BCUT2D eigenvalue weighted by Crippen LogP contribution is -2.32. The molecule has 0 radical (unpaired) electrons. The number of benzene rings is 1. The molecule has 1 aromatic carbocycles. The second-order valence-electron chi connectivity index (χ2n) is 5.60. The average Bonchev–Trinajstić information content (AvgIpc) is 3.02. The first-order valence-electron chi connectivity index (χ1n) is 7.49. The van der Waals surface area contributed by atoms with Gasteiger partial charge < -0.3 is 9.30 Å². The van der Waals surface area contributed by atoms with Crippen LogP contribution in [0.4, 0.5) is 0 Å². The van der Waals surface area contributed by atoms with Gasteiger partial charge in [-0.1, -0.05) is 18.6 Å². The average molecular weight is 284 g/mol. The molecule has 1 aromatic heterocycles. The quantitative estimate of drug-likeness (QED) is 0.805. The zero-order chi connectivity index (χ0) is 14.7. The van der Waals surface area contributed by atoms with Crippen LogP contribution >= 0.6 is 0 Å². The van der Waals surface area contributed by atoms with Crippen molar-refractivity contribution in [1.82, 2.24) is 9.55 Å². The van der Waals surface area contributed by atoms with E-state index in [0.29, 0.717) is 11.6 Å². The molecular formula is C17H20N2O2. The molecule has 21 heavy (non-hydrogen) atoms. The van der Waals surface area contributed by atoms with Gasteiger partial charge in [-0.05, 0) is 38.3 Å². The second kappa shape index (κ2) is 6.12. The van der Waals surface area contributed by atoms with Crippen molar-refractivity contribution in [3.63, 3.8) is 0 Å². The van der Waals surface area contributed by atoms with E-state index < -0.39 is 0 Å². The maximum absolute atomic E-state index is 11.5. The van der Waals surface area contributed by atoms with Gasteiger partial charge in [0.2, 0.25) is 0 Å². The van der Waals surface area contributed by atoms with Crippen molar-refractivity contribution in [2.45, 2.75) is 44.8 Å². The van der Waals surface area contributed by atoms with E-state index in [1.54, 1.807) is 6.92 Å². The number of imidazole rings is 1. The molecule has 2 aromatic rings. The minimum atomic E-state index is 0.0650. The summed E-state index contributed by atoms with van der Waals surface area (Å²) >= 11 is 0. The Morgan fingerprint density at radius 1 is 1.33 bits per heavy atom. The van der Waals surface area contributed by atoms with Crippen LogP contribution in [0.15, 0.2) is 43.0 Å². The molecule has 4 heteroatoms. The summed E-state index contributed by atoms with van der Waals surface area (Å²) in [6.07, 6.45) is 10.3. The highest BCUT2D eigenvalue weighted by atomic mass is 16.5. The Morgan fingerprint density at radius 3 is 2.95 bits per heavy atom. The Kier molecular flexibility index (Phi) is 4.04. The lowest BCUT2D eigenvalue weighted by Gasteiger charge is -2.32. The Hall–Kier alpha value is -2.10. The van der Waals surface area contributed by atoms with Crippen LogP contribution in [-0.4, -0.2) is 21.4 Å². The molecule has 0 spiro atoms. The summed E-state index contributed by atoms with van der Waals surface area (Å²) in [5.41, 5.74) is 0.697. The van der Waals surface area contributed by atoms with Crippen LogP contribution in [0.1, 0.15) is 49.0 Å². The van der Waals surface area contributed by atoms with Gasteiger partial charge in [-0.15, -0.1) is 0 Å². The molecule has 1 saturated carbocycles. The van der Waals surface area contributed by atoms with Gasteiger partial charge in [0.05, 0.1) is 12.4 Å². The number of carbonyl (C=O) groups excluding carboxylic acids is 1. The van der Waals surface area contributed by atoms with Gasteiger partial charge in [0.15, 0.2) is 5.78 Å².